The summed E-state index contributed by atoms with van der Waals surface area (Å²) < 4.78 is 24.2. The molecule has 0 spiro atoms. The summed E-state index contributed by atoms with van der Waals surface area (Å²) in [4.78, 5) is 16.6. The van der Waals surface area contributed by atoms with Crippen molar-refractivity contribution in [3.8, 4) is 0 Å². The molecule has 88 valence electrons. The SMILES string of the molecule is Cc1ccc(S(=O)(=O)c2cnc(=O)[nH]c2)cc1. The van der Waals surface area contributed by atoms with E-state index >= 15 is 0 Å². The maximum absolute atomic E-state index is 12.1. The highest BCUT2D eigenvalue weighted by Gasteiger charge is 2.17. The number of nitrogens with zero attached hydrogens (tertiary/aromatic N) is 1. The van der Waals surface area contributed by atoms with Crippen molar-refractivity contribution in [2.24, 2.45) is 0 Å². The number of rotatable bonds is 2. The molecule has 1 aromatic carbocycles. The molecule has 1 N–H and O–H groups in total. The van der Waals surface area contributed by atoms with E-state index in [-0.39, 0.29) is 9.79 Å². The largest absolute Gasteiger partial charge is 0.344 e. The summed E-state index contributed by atoms with van der Waals surface area (Å²) in [6.07, 6.45) is 2.19. The number of aromatic amines is 1. The highest BCUT2D eigenvalue weighted by atomic mass is 32.2. The first-order chi connectivity index (χ1) is 8.00. The molecule has 0 aliphatic carbocycles. The van der Waals surface area contributed by atoms with E-state index in [1.54, 1.807) is 12.1 Å². The maximum atomic E-state index is 12.1. The van der Waals surface area contributed by atoms with E-state index in [9.17, 15) is 13.2 Å². The molecule has 0 saturated heterocycles. The second-order valence-corrected chi connectivity index (χ2v) is 5.52. The maximum Gasteiger partial charge on any atom is 0.344 e. The summed E-state index contributed by atoms with van der Waals surface area (Å²) in [5.74, 6) is 0. The third-order valence-corrected chi connectivity index (χ3v) is 4.03. The second-order valence-electron chi connectivity index (χ2n) is 3.57. The van der Waals surface area contributed by atoms with Crippen LogP contribution < -0.4 is 5.69 Å². The standard InChI is InChI=1S/C11H10N2O3S/c1-8-2-4-9(5-3-8)17(15,16)10-6-12-11(14)13-7-10/h2-7H,1H3,(H,12,13,14). The van der Waals surface area contributed by atoms with Crippen LogP contribution in [0.4, 0.5) is 0 Å². The molecule has 0 aliphatic heterocycles. The smallest absolute Gasteiger partial charge is 0.311 e. The number of hydrogen-bond donors (Lipinski definition) is 1. The van der Waals surface area contributed by atoms with Crippen LogP contribution in [0.2, 0.25) is 0 Å². The van der Waals surface area contributed by atoms with E-state index in [4.69, 9.17) is 0 Å². The monoisotopic (exact) mass is 250 g/mol. The van der Waals surface area contributed by atoms with Crippen molar-refractivity contribution in [2.75, 3.05) is 0 Å². The molecular weight excluding hydrogens is 240 g/mol. The first kappa shape index (κ1) is 11.5. The Balaban J connectivity index is 2.53. The van der Waals surface area contributed by atoms with Crippen molar-refractivity contribution in [3.63, 3.8) is 0 Å². The lowest BCUT2D eigenvalue weighted by molar-refractivity contribution is 0.595. The summed E-state index contributed by atoms with van der Waals surface area (Å²) in [5.41, 5.74) is 0.399. The average molecular weight is 250 g/mol. The van der Waals surface area contributed by atoms with Crippen LogP contribution >= 0.6 is 0 Å². The predicted octanol–water partition coefficient (Wildman–Crippen LogP) is 0.911. The molecule has 0 aliphatic rings. The predicted molar refractivity (Wildman–Crippen MR) is 61.5 cm³/mol. The number of hydrogen-bond acceptors (Lipinski definition) is 4. The lowest BCUT2D eigenvalue weighted by atomic mass is 10.2. The molecular formula is C11H10N2O3S. The van der Waals surface area contributed by atoms with Crippen molar-refractivity contribution >= 4 is 9.84 Å². The van der Waals surface area contributed by atoms with Gasteiger partial charge < -0.3 is 4.98 Å². The number of aromatic nitrogens is 2. The fourth-order valence-electron chi connectivity index (χ4n) is 1.33. The van der Waals surface area contributed by atoms with Gasteiger partial charge in [0.05, 0.1) is 11.1 Å². The van der Waals surface area contributed by atoms with Gasteiger partial charge in [0, 0.05) is 6.20 Å². The summed E-state index contributed by atoms with van der Waals surface area (Å²) in [5, 5.41) is 0. The van der Waals surface area contributed by atoms with E-state index in [1.165, 1.54) is 12.1 Å². The minimum absolute atomic E-state index is 0.0269. The van der Waals surface area contributed by atoms with Gasteiger partial charge in [0.2, 0.25) is 9.84 Å². The van der Waals surface area contributed by atoms with Crippen molar-refractivity contribution in [2.45, 2.75) is 16.7 Å². The molecule has 17 heavy (non-hydrogen) atoms. The first-order valence-electron chi connectivity index (χ1n) is 4.86. The van der Waals surface area contributed by atoms with Gasteiger partial charge in [-0.15, -0.1) is 0 Å². The van der Waals surface area contributed by atoms with Gasteiger partial charge in [-0.2, -0.15) is 0 Å². The summed E-state index contributed by atoms with van der Waals surface area (Å²) in [6, 6.07) is 6.48. The zero-order valence-corrected chi connectivity index (χ0v) is 9.86. The molecule has 0 saturated carbocycles. The summed E-state index contributed by atoms with van der Waals surface area (Å²) >= 11 is 0. The van der Waals surface area contributed by atoms with Crippen LogP contribution in [0.15, 0.2) is 51.2 Å². The molecule has 1 aromatic heterocycles. The highest BCUT2D eigenvalue weighted by molar-refractivity contribution is 7.91. The van der Waals surface area contributed by atoms with Gasteiger partial charge in [0.25, 0.3) is 0 Å². The molecule has 0 fully saturated rings. The number of aryl methyl sites for hydroxylation is 1. The fraction of sp³-hybridized carbons (Fsp3) is 0.0909. The number of sulfone groups is 1. The Bertz CT molecular complexity index is 667. The van der Waals surface area contributed by atoms with E-state index in [0.29, 0.717) is 0 Å². The Hall–Kier alpha value is -1.95. The van der Waals surface area contributed by atoms with Gasteiger partial charge in [-0.3, -0.25) is 0 Å². The number of benzene rings is 1. The summed E-state index contributed by atoms with van der Waals surface area (Å²) in [7, 11) is -3.61. The molecule has 6 heteroatoms. The van der Waals surface area contributed by atoms with E-state index in [2.05, 4.69) is 9.97 Å². The van der Waals surface area contributed by atoms with E-state index in [0.717, 1.165) is 18.0 Å². The lowest BCUT2D eigenvalue weighted by Crippen LogP contribution is -2.12. The average Bonchev–Trinajstić information content (AvgIpc) is 2.30. The lowest BCUT2D eigenvalue weighted by Gasteiger charge is -2.03. The van der Waals surface area contributed by atoms with Crippen molar-refractivity contribution in [1.29, 1.82) is 0 Å². The molecule has 0 radical (unpaired) electrons. The second kappa shape index (κ2) is 4.14. The molecule has 0 atom stereocenters. The normalized spacial score (nSPS) is 11.4. The number of nitrogens with one attached hydrogen (secondary N) is 1. The Morgan fingerprint density at radius 2 is 1.76 bits per heavy atom. The number of H-pyrrole nitrogens is 1. The fourth-order valence-corrected chi connectivity index (χ4v) is 2.50. The van der Waals surface area contributed by atoms with Crippen LogP contribution in [0.25, 0.3) is 0 Å². The van der Waals surface area contributed by atoms with Gasteiger partial charge in [0.1, 0.15) is 4.90 Å². The quantitative estimate of drug-likeness (QED) is 0.859. The molecule has 0 bridgehead atoms. The van der Waals surface area contributed by atoms with Crippen LogP contribution in [0.1, 0.15) is 5.56 Å². The summed E-state index contributed by atoms with van der Waals surface area (Å²) in [6.45, 7) is 1.87. The van der Waals surface area contributed by atoms with Crippen LogP contribution in [-0.2, 0) is 9.84 Å². The van der Waals surface area contributed by atoms with Crippen molar-refractivity contribution in [1.82, 2.24) is 9.97 Å². The van der Waals surface area contributed by atoms with Crippen LogP contribution in [0, 0.1) is 6.92 Å². The van der Waals surface area contributed by atoms with Gasteiger partial charge in [0.15, 0.2) is 0 Å². The molecule has 2 aromatic rings. The Kier molecular flexibility index (Phi) is 2.81. The molecule has 0 unspecified atom stereocenters. The molecule has 5 nitrogen and oxygen atoms in total. The molecule has 2 rings (SSSR count). The van der Waals surface area contributed by atoms with Crippen LogP contribution in [0.3, 0.4) is 0 Å². The van der Waals surface area contributed by atoms with Gasteiger partial charge in [-0.25, -0.2) is 18.2 Å². The molecule has 0 amide bonds. The van der Waals surface area contributed by atoms with Crippen molar-refractivity contribution < 1.29 is 8.42 Å². The van der Waals surface area contributed by atoms with E-state index in [1.807, 2.05) is 6.92 Å². The van der Waals surface area contributed by atoms with Gasteiger partial charge in [-0.05, 0) is 19.1 Å². The van der Waals surface area contributed by atoms with Crippen molar-refractivity contribution in [3.05, 3.63) is 52.7 Å². The van der Waals surface area contributed by atoms with Crippen LogP contribution in [-0.4, -0.2) is 18.4 Å². The molecule has 1 heterocycles. The zero-order valence-electron chi connectivity index (χ0n) is 9.04. The highest BCUT2D eigenvalue weighted by Crippen LogP contribution is 2.18. The van der Waals surface area contributed by atoms with Gasteiger partial charge >= 0.3 is 5.69 Å². The zero-order chi connectivity index (χ0) is 12.5. The Morgan fingerprint density at radius 3 is 2.29 bits per heavy atom. The van der Waals surface area contributed by atoms with Gasteiger partial charge in [-0.1, -0.05) is 17.7 Å². The first-order valence-corrected chi connectivity index (χ1v) is 6.35. The minimum atomic E-state index is -3.61. The Labute approximate surface area is 98.1 Å². The third kappa shape index (κ3) is 2.26. The minimum Gasteiger partial charge on any atom is -0.311 e. The van der Waals surface area contributed by atoms with E-state index < -0.39 is 15.5 Å². The Morgan fingerprint density at radius 1 is 1.12 bits per heavy atom. The third-order valence-electron chi connectivity index (χ3n) is 2.29. The topological polar surface area (TPSA) is 79.9 Å². The van der Waals surface area contributed by atoms with Crippen LogP contribution in [0.5, 0.6) is 0 Å².